The van der Waals surface area contributed by atoms with Crippen LogP contribution in [0.1, 0.15) is 0 Å². The molecule has 0 atom stereocenters. The summed E-state index contributed by atoms with van der Waals surface area (Å²) in [4.78, 5) is 11.4. The molecule has 0 amide bonds. The lowest BCUT2D eigenvalue weighted by Gasteiger charge is -2.09. The molecule has 0 saturated heterocycles. The Morgan fingerprint density at radius 1 is 1.00 bits per heavy atom. The number of hydrogen-bond acceptors (Lipinski definition) is 1. The van der Waals surface area contributed by atoms with Crippen molar-refractivity contribution in [1.29, 1.82) is 0 Å². The van der Waals surface area contributed by atoms with E-state index >= 15 is 0 Å². The predicted molar refractivity (Wildman–Crippen MR) is 59.5 cm³/mol. The van der Waals surface area contributed by atoms with E-state index in [2.05, 4.69) is 31.1 Å². The fourth-order valence-electron chi connectivity index (χ4n) is 0.432. The Kier molecular flexibility index (Phi) is 3.49. The highest BCUT2D eigenvalue weighted by molar-refractivity contribution is 7.06. The first-order valence-electron chi connectivity index (χ1n) is 4.20. The zero-order valence-corrected chi connectivity index (χ0v) is 10.9. The van der Waals surface area contributed by atoms with Crippen LogP contribution in [0.3, 0.4) is 0 Å². The van der Waals surface area contributed by atoms with Crippen molar-refractivity contribution >= 4 is 21.6 Å². The molecule has 0 heterocycles. The summed E-state index contributed by atoms with van der Waals surface area (Å²) in [6.07, 6.45) is 0. The largest absolute Gasteiger partial charge is 0.291 e. The van der Waals surface area contributed by atoms with Crippen molar-refractivity contribution in [2.75, 3.05) is 0 Å². The predicted octanol–water partition coefficient (Wildman–Crippen LogP) is 2.31. The third-order valence-electron chi connectivity index (χ3n) is 1.23. The minimum Gasteiger partial charge on any atom is -0.291 e. The molecular weight excluding hydrogens is 180 g/mol. The molecular formula is C9H18OSi2. The van der Waals surface area contributed by atoms with E-state index in [1.54, 1.807) is 0 Å². The van der Waals surface area contributed by atoms with E-state index in [9.17, 15) is 4.79 Å². The molecule has 0 aliphatic heterocycles. The van der Waals surface area contributed by atoms with Crippen LogP contribution in [-0.4, -0.2) is 21.6 Å². The molecule has 0 aliphatic carbocycles. The molecule has 0 rings (SSSR count). The van der Waals surface area contributed by atoms with E-state index in [4.69, 9.17) is 0 Å². The minimum atomic E-state index is -1.65. The molecule has 1 nitrogen and oxygen atoms in total. The van der Waals surface area contributed by atoms with Crippen LogP contribution >= 0.6 is 0 Å². The van der Waals surface area contributed by atoms with E-state index in [1.165, 1.54) is 0 Å². The average molecular weight is 198 g/mol. The summed E-state index contributed by atoms with van der Waals surface area (Å²) in [6, 6.07) is 0. The van der Waals surface area contributed by atoms with Crippen molar-refractivity contribution in [2.45, 2.75) is 39.3 Å². The van der Waals surface area contributed by atoms with Crippen LogP contribution in [0.25, 0.3) is 0 Å². The third kappa shape index (κ3) is 5.33. The highest BCUT2D eigenvalue weighted by Gasteiger charge is 2.22. The Labute approximate surface area is 77.6 Å². The van der Waals surface area contributed by atoms with Gasteiger partial charge in [-0.05, 0) is 5.92 Å². The molecule has 0 unspecified atom stereocenters. The zero-order chi connectivity index (χ0) is 9.99. The van der Waals surface area contributed by atoms with E-state index < -0.39 is 16.1 Å². The monoisotopic (exact) mass is 198 g/mol. The van der Waals surface area contributed by atoms with Gasteiger partial charge >= 0.3 is 0 Å². The lowest BCUT2D eigenvalue weighted by molar-refractivity contribution is -0.107. The first kappa shape index (κ1) is 11.7. The lowest BCUT2D eigenvalue weighted by atomic mass is 10.8. The topological polar surface area (TPSA) is 17.1 Å². The molecule has 0 fully saturated rings. The van der Waals surface area contributed by atoms with Crippen molar-refractivity contribution in [3.05, 3.63) is 0 Å². The van der Waals surface area contributed by atoms with Gasteiger partial charge in [0.15, 0.2) is 5.41 Å². The van der Waals surface area contributed by atoms with Gasteiger partial charge in [-0.2, -0.15) is 0 Å². The van der Waals surface area contributed by atoms with Crippen molar-refractivity contribution in [3.63, 3.8) is 0 Å². The van der Waals surface area contributed by atoms with Crippen LogP contribution < -0.4 is 0 Å². The van der Waals surface area contributed by atoms with Crippen LogP contribution in [0.2, 0.25) is 39.3 Å². The van der Waals surface area contributed by atoms with Gasteiger partial charge in [-0.25, -0.2) is 0 Å². The maximum atomic E-state index is 11.4. The van der Waals surface area contributed by atoms with Crippen LogP contribution in [-0.2, 0) is 4.79 Å². The van der Waals surface area contributed by atoms with Gasteiger partial charge in [0.1, 0.15) is 16.1 Å². The molecule has 0 spiro atoms. The average Bonchev–Trinajstić information content (AvgIpc) is 1.78. The Morgan fingerprint density at radius 2 is 1.42 bits per heavy atom. The second-order valence-corrected chi connectivity index (χ2v) is 14.8. The smallest absolute Gasteiger partial charge is 0.179 e. The summed E-state index contributed by atoms with van der Waals surface area (Å²) in [5.74, 6) is 2.80. The van der Waals surface area contributed by atoms with Gasteiger partial charge in [0, 0.05) is 0 Å². The molecule has 0 aromatic carbocycles. The van der Waals surface area contributed by atoms with Gasteiger partial charge in [-0.15, -0.1) is 5.54 Å². The van der Waals surface area contributed by atoms with Gasteiger partial charge in [0.25, 0.3) is 0 Å². The van der Waals surface area contributed by atoms with Crippen molar-refractivity contribution in [3.8, 4) is 11.5 Å². The molecule has 0 saturated carbocycles. The Morgan fingerprint density at radius 3 is 1.67 bits per heavy atom. The maximum absolute atomic E-state index is 11.4. The number of rotatable bonds is 1. The quantitative estimate of drug-likeness (QED) is 0.467. The summed E-state index contributed by atoms with van der Waals surface area (Å²) in [7, 11) is -3.01. The van der Waals surface area contributed by atoms with Crippen molar-refractivity contribution in [1.82, 2.24) is 0 Å². The van der Waals surface area contributed by atoms with Crippen LogP contribution in [0.4, 0.5) is 0 Å². The summed E-state index contributed by atoms with van der Waals surface area (Å²) >= 11 is 0. The second-order valence-electron chi connectivity index (χ2n) is 5.08. The Balaban J connectivity index is 4.46. The second kappa shape index (κ2) is 3.59. The van der Waals surface area contributed by atoms with E-state index in [0.29, 0.717) is 0 Å². The number of carbonyl (C=O) groups is 1. The van der Waals surface area contributed by atoms with E-state index in [1.807, 2.05) is 19.6 Å². The molecule has 0 bridgehead atoms. The molecule has 3 heteroatoms. The van der Waals surface area contributed by atoms with Crippen LogP contribution in [0.15, 0.2) is 0 Å². The van der Waals surface area contributed by atoms with E-state index in [-0.39, 0.29) is 5.41 Å². The van der Waals surface area contributed by atoms with Crippen molar-refractivity contribution in [2.24, 2.45) is 0 Å². The molecule has 12 heavy (non-hydrogen) atoms. The standard InChI is InChI=1S/C9H18OSi2/c1-11(2,3)8-7-9(10)12(4,5)6/h1-6H3. The minimum absolute atomic E-state index is 0.185. The molecule has 0 aromatic heterocycles. The van der Waals surface area contributed by atoms with Crippen molar-refractivity contribution < 1.29 is 4.79 Å². The van der Waals surface area contributed by atoms with E-state index in [0.717, 1.165) is 0 Å². The number of carbonyl (C=O) groups excluding carboxylic acids is 1. The van der Waals surface area contributed by atoms with Gasteiger partial charge in [0.2, 0.25) is 0 Å². The Bertz CT molecular complexity index is 232. The highest BCUT2D eigenvalue weighted by atomic mass is 28.3. The molecule has 0 aromatic rings. The normalized spacial score (nSPS) is 11.8. The fraction of sp³-hybridized carbons (Fsp3) is 0.667. The van der Waals surface area contributed by atoms with Gasteiger partial charge < -0.3 is 0 Å². The molecule has 0 N–H and O–H groups in total. The van der Waals surface area contributed by atoms with Gasteiger partial charge in [0.05, 0.1) is 0 Å². The molecule has 0 radical (unpaired) electrons. The summed E-state index contributed by atoms with van der Waals surface area (Å²) in [6.45, 7) is 12.6. The summed E-state index contributed by atoms with van der Waals surface area (Å²) in [5, 5.41) is 0.185. The van der Waals surface area contributed by atoms with Crippen LogP contribution in [0, 0.1) is 11.5 Å². The van der Waals surface area contributed by atoms with Crippen LogP contribution in [0.5, 0.6) is 0 Å². The summed E-state index contributed by atoms with van der Waals surface area (Å²) < 4.78 is 0. The maximum Gasteiger partial charge on any atom is 0.179 e. The number of hydrogen-bond donors (Lipinski definition) is 0. The molecule has 68 valence electrons. The summed E-state index contributed by atoms with van der Waals surface area (Å²) in [5.41, 5.74) is 3.10. The fourth-order valence-corrected chi connectivity index (χ4v) is 1.48. The molecule has 0 aliphatic rings. The highest BCUT2D eigenvalue weighted by Crippen LogP contribution is 2.02. The van der Waals surface area contributed by atoms with Gasteiger partial charge in [-0.1, -0.05) is 39.3 Å². The zero-order valence-electron chi connectivity index (χ0n) is 8.91. The lowest BCUT2D eigenvalue weighted by Crippen LogP contribution is -2.32. The van der Waals surface area contributed by atoms with Gasteiger partial charge in [-0.3, -0.25) is 4.79 Å². The third-order valence-corrected chi connectivity index (χ3v) is 3.59. The Hall–Kier alpha value is -0.336. The first-order chi connectivity index (χ1) is 5.13. The SMILES string of the molecule is C[Si](C)(C)C#CC(=O)[Si](C)(C)C. The first-order valence-corrected chi connectivity index (χ1v) is 11.2.